The maximum absolute atomic E-state index is 12.1. The lowest BCUT2D eigenvalue weighted by Gasteiger charge is -2.10. The maximum atomic E-state index is 12.1. The second-order valence-electron chi connectivity index (χ2n) is 5.43. The zero-order valence-corrected chi connectivity index (χ0v) is 14.0. The van der Waals surface area contributed by atoms with E-state index in [0.29, 0.717) is 28.5 Å². The van der Waals surface area contributed by atoms with Crippen LogP contribution < -0.4 is 15.6 Å². The van der Waals surface area contributed by atoms with Gasteiger partial charge in [-0.3, -0.25) is 15.1 Å². The van der Waals surface area contributed by atoms with E-state index < -0.39 is 0 Å². The number of methoxy groups -OCH3 is 1. The van der Waals surface area contributed by atoms with E-state index in [2.05, 4.69) is 25.3 Å². The Morgan fingerprint density at radius 1 is 1.24 bits per heavy atom. The van der Waals surface area contributed by atoms with Crippen molar-refractivity contribution in [3.05, 3.63) is 45.5 Å². The van der Waals surface area contributed by atoms with Crippen LogP contribution in [0.2, 0.25) is 0 Å². The lowest BCUT2D eigenvalue weighted by atomic mass is 10.2. The first-order valence-electron chi connectivity index (χ1n) is 7.58. The summed E-state index contributed by atoms with van der Waals surface area (Å²) < 4.78 is 5.35. The van der Waals surface area contributed by atoms with Crippen molar-refractivity contribution in [2.75, 3.05) is 12.4 Å². The SMILES string of the molecule is COc1cccc2c(C)nc(Nc3nc(C)c(CC#N)c(=O)[nH]3)nc12. The van der Waals surface area contributed by atoms with Crippen LogP contribution in [0.3, 0.4) is 0 Å². The summed E-state index contributed by atoms with van der Waals surface area (Å²) in [6.07, 6.45) is 0.0111. The molecule has 1 aromatic carbocycles. The number of para-hydroxylation sites is 1. The molecule has 0 bridgehead atoms. The van der Waals surface area contributed by atoms with Crippen LogP contribution in [0.25, 0.3) is 10.9 Å². The molecule has 0 radical (unpaired) electrons. The standard InChI is InChI=1S/C17H16N6O2/c1-9-11-5-4-6-13(25-3)14(11)21-16(19-9)23-17-20-10(2)12(7-8-18)15(24)22-17/h4-6H,7H2,1-3H3,(H2,19,20,21,22,23,24). The summed E-state index contributed by atoms with van der Waals surface area (Å²) >= 11 is 0. The Morgan fingerprint density at radius 3 is 2.72 bits per heavy atom. The van der Waals surface area contributed by atoms with E-state index in [9.17, 15) is 4.79 Å². The molecule has 2 N–H and O–H groups in total. The molecule has 3 aromatic rings. The van der Waals surface area contributed by atoms with Gasteiger partial charge >= 0.3 is 0 Å². The average molecular weight is 336 g/mol. The van der Waals surface area contributed by atoms with E-state index in [1.54, 1.807) is 14.0 Å². The fourth-order valence-electron chi connectivity index (χ4n) is 2.56. The molecule has 0 fully saturated rings. The van der Waals surface area contributed by atoms with Crippen LogP contribution in [0.1, 0.15) is 17.0 Å². The highest BCUT2D eigenvalue weighted by atomic mass is 16.5. The third-order valence-corrected chi connectivity index (χ3v) is 3.81. The van der Waals surface area contributed by atoms with Crippen LogP contribution in [-0.4, -0.2) is 27.0 Å². The van der Waals surface area contributed by atoms with Gasteiger partial charge in [-0.15, -0.1) is 0 Å². The zero-order valence-electron chi connectivity index (χ0n) is 14.0. The fraction of sp³-hybridized carbons (Fsp3) is 0.235. The molecule has 0 aliphatic rings. The molecule has 25 heavy (non-hydrogen) atoms. The summed E-state index contributed by atoms with van der Waals surface area (Å²) in [5.74, 6) is 1.15. The molecule has 2 heterocycles. The number of nitrogens with one attached hydrogen (secondary N) is 2. The van der Waals surface area contributed by atoms with Crippen molar-refractivity contribution in [2.24, 2.45) is 0 Å². The summed E-state index contributed by atoms with van der Waals surface area (Å²) in [7, 11) is 1.58. The van der Waals surface area contributed by atoms with Crippen molar-refractivity contribution in [3.8, 4) is 11.8 Å². The number of aromatic amines is 1. The summed E-state index contributed by atoms with van der Waals surface area (Å²) in [6.45, 7) is 3.55. The van der Waals surface area contributed by atoms with Gasteiger partial charge in [-0.05, 0) is 19.9 Å². The summed E-state index contributed by atoms with van der Waals surface area (Å²) in [6, 6.07) is 7.57. The number of rotatable bonds is 4. The van der Waals surface area contributed by atoms with Gasteiger partial charge in [-0.2, -0.15) is 5.26 Å². The van der Waals surface area contributed by atoms with Crippen LogP contribution >= 0.6 is 0 Å². The van der Waals surface area contributed by atoms with Crippen LogP contribution in [-0.2, 0) is 6.42 Å². The van der Waals surface area contributed by atoms with Crippen molar-refractivity contribution >= 4 is 22.8 Å². The van der Waals surface area contributed by atoms with Crippen molar-refractivity contribution in [1.29, 1.82) is 5.26 Å². The third kappa shape index (κ3) is 3.12. The van der Waals surface area contributed by atoms with Gasteiger partial charge in [0.1, 0.15) is 11.3 Å². The van der Waals surface area contributed by atoms with Gasteiger partial charge in [0.25, 0.3) is 5.56 Å². The smallest absolute Gasteiger partial charge is 0.256 e. The maximum Gasteiger partial charge on any atom is 0.256 e. The van der Waals surface area contributed by atoms with E-state index in [0.717, 1.165) is 11.1 Å². The minimum atomic E-state index is -0.355. The van der Waals surface area contributed by atoms with E-state index >= 15 is 0 Å². The Hall–Kier alpha value is -3.47. The lowest BCUT2D eigenvalue weighted by Crippen LogP contribution is -2.18. The normalized spacial score (nSPS) is 10.5. The number of hydrogen-bond acceptors (Lipinski definition) is 7. The second-order valence-corrected chi connectivity index (χ2v) is 5.43. The van der Waals surface area contributed by atoms with Crippen LogP contribution in [0, 0.1) is 25.2 Å². The minimum absolute atomic E-state index is 0.0111. The molecule has 2 aromatic heterocycles. The molecule has 3 rings (SSSR count). The monoisotopic (exact) mass is 336 g/mol. The molecule has 0 aliphatic heterocycles. The molecule has 0 atom stereocenters. The Labute approximate surface area is 143 Å². The quantitative estimate of drug-likeness (QED) is 0.749. The highest BCUT2D eigenvalue weighted by Gasteiger charge is 2.12. The molecule has 126 valence electrons. The highest BCUT2D eigenvalue weighted by molar-refractivity contribution is 5.87. The topological polar surface area (TPSA) is 117 Å². The van der Waals surface area contributed by atoms with Crippen molar-refractivity contribution in [2.45, 2.75) is 20.3 Å². The Balaban J connectivity index is 2.04. The number of hydrogen-bond donors (Lipinski definition) is 2. The molecule has 0 aliphatic carbocycles. The first-order valence-corrected chi connectivity index (χ1v) is 7.58. The van der Waals surface area contributed by atoms with E-state index in [1.165, 1.54) is 0 Å². The minimum Gasteiger partial charge on any atom is -0.494 e. The number of aryl methyl sites for hydroxylation is 2. The van der Waals surface area contributed by atoms with E-state index in [1.807, 2.05) is 31.2 Å². The van der Waals surface area contributed by atoms with Gasteiger partial charge in [-0.25, -0.2) is 15.0 Å². The molecule has 0 spiro atoms. The summed E-state index contributed by atoms with van der Waals surface area (Å²) in [5.41, 5.74) is 1.92. The zero-order chi connectivity index (χ0) is 18.0. The predicted molar refractivity (Wildman–Crippen MR) is 93.0 cm³/mol. The number of benzene rings is 1. The van der Waals surface area contributed by atoms with Gasteiger partial charge in [0, 0.05) is 5.39 Å². The Kier molecular flexibility index (Phi) is 4.31. The highest BCUT2D eigenvalue weighted by Crippen LogP contribution is 2.26. The number of nitriles is 1. The van der Waals surface area contributed by atoms with Gasteiger partial charge in [0.05, 0.1) is 36.6 Å². The van der Waals surface area contributed by atoms with Gasteiger partial charge < -0.3 is 4.74 Å². The van der Waals surface area contributed by atoms with Crippen LogP contribution in [0.4, 0.5) is 11.9 Å². The summed E-state index contributed by atoms with van der Waals surface area (Å²) in [5, 5.41) is 12.6. The number of nitrogens with zero attached hydrogens (tertiary/aromatic N) is 4. The third-order valence-electron chi connectivity index (χ3n) is 3.81. The van der Waals surface area contributed by atoms with Crippen molar-refractivity contribution < 1.29 is 4.74 Å². The van der Waals surface area contributed by atoms with Gasteiger partial charge in [0.15, 0.2) is 0 Å². The molecular formula is C17H16N6O2. The van der Waals surface area contributed by atoms with E-state index in [-0.39, 0.29) is 17.9 Å². The van der Waals surface area contributed by atoms with Gasteiger partial charge in [-0.1, -0.05) is 12.1 Å². The average Bonchev–Trinajstić information content (AvgIpc) is 2.58. The van der Waals surface area contributed by atoms with Crippen molar-refractivity contribution in [3.63, 3.8) is 0 Å². The lowest BCUT2D eigenvalue weighted by molar-refractivity contribution is 0.419. The Bertz CT molecular complexity index is 1050. The molecule has 0 saturated carbocycles. The van der Waals surface area contributed by atoms with Crippen LogP contribution in [0.5, 0.6) is 5.75 Å². The molecular weight excluding hydrogens is 320 g/mol. The predicted octanol–water partition coefficient (Wildman–Crippen LogP) is 2.15. The summed E-state index contributed by atoms with van der Waals surface area (Å²) in [4.78, 5) is 27.8. The molecule has 8 heteroatoms. The number of anilines is 2. The van der Waals surface area contributed by atoms with E-state index in [4.69, 9.17) is 10.00 Å². The molecule has 0 saturated heterocycles. The van der Waals surface area contributed by atoms with Crippen molar-refractivity contribution in [1.82, 2.24) is 19.9 Å². The first kappa shape index (κ1) is 16.4. The fourth-order valence-corrected chi connectivity index (χ4v) is 2.56. The largest absolute Gasteiger partial charge is 0.494 e. The van der Waals surface area contributed by atoms with Crippen LogP contribution in [0.15, 0.2) is 23.0 Å². The number of ether oxygens (including phenoxy) is 1. The number of fused-ring (bicyclic) bond motifs is 1. The molecule has 0 unspecified atom stereocenters. The Morgan fingerprint density at radius 2 is 2.04 bits per heavy atom. The molecule has 0 amide bonds. The molecule has 8 nitrogen and oxygen atoms in total. The van der Waals surface area contributed by atoms with Gasteiger partial charge in [0.2, 0.25) is 11.9 Å². The second kappa shape index (κ2) is 6.57. The number of H-pyrrole nitrogens is 1. The first-order chi connectivity index (χ1) is 12.0. The number of aromatic nitrogens is 4.